The van der Waals surface area contributed by atoms with Crippen LogP contribution in [-0.4, -0.2) is 9.97 Å². The molecule has 3 aromatic rings. The number of nitrogens with one attached hydrogen (secondary N) is 2. The van der Waals surface area contributed by atoms with E-state index in [0.717, 1.165) is 11.8 Å². The van der Waals surface area contributed by atoms with Crippen molar-refractivity contribution in [3.8, 4) is 6.07 Å². The van der Waals surface area contributed by atoms with Gasteiger partial charge in [0, 0.05) is 17.6 Å². The van der Waals surface area contributed by atoms with Crippen LogP contribution in [0.3, 0.4) is 0 Å². The molecule has 0 bridgehead atoms. The third-order valence-electron chi connectivity index (χ3n) is 4.38. The zero-order valence-corrected chi connectivity index (χ0v) is 16.7. The van der Waals surface area contributed by atoms with E-state index in [9.17, 15) is 13.2 Å². The summed E-state index contributed by atoms with van der Waals surface area (Å²) in [5, 5.41) is 14.5. The molecule has 0 aliphatic heterocycles. The molecule has 154 valence electrons. The van der Waals surface area contributed by atoms with Gasteiger partial charge in [0.15, 0.2) is 0 Å². The number of hydrogen-bond donors (Lipinski definition) is 2. The van der Waals surface area contributed by atoms with Gasteiger partial charge < -0.3 is 10.6 Å². The van der Waals surface area contributed by atoms with Crippen molar-refractivity contribution in [3.05, 3.63) is 71.4 Å². The average molecular weight is 411 g/mol. The quantitative estimate of drug-likeness (QED) is 0.538. The predicted octanol–water partition coefficient (Wildman–Crippen LogP) is 6.15. The van der Waals surface area contributed by atoms with Crippen molar-refractivity contribution in [2.45, 2.75) is 32.4 Å². The van der Waals surface area contributed by atoms with E-state index in [1.165, 1.54) is 24.3 Å². The lowest BCUT2D eigenvalue weighted by molar-refractivity contribution is -0.137. The van der Waals surface area contributed by atoms with Crippen LogP contribution in [0.15, 0.2) is 54.7 Å². The molecular formula is C22H20F3N5. The molecule has 0 fully saturated rings. The first-order chi connectivity index (χ1) is 14.1. The molecule has 3 rings (SSSR count). The van der Waals surface area contributed by atoms with Gasteiger partial charge in [0.25, 0.3) is 0 Å². The number of benzene rings is 2. The Balaban J connectivity index is 1.89. The zero-order valence-electron chi connectivity index (χ0n) is 16.7. The molecule has 0 saturated heterocycles. The van der Waals surface area contributed by atoms with Crippen molar-refractivity contribution in [2.75, 3.05) is 10.6 Å². The zero-order chi connectivity index (χ0) is 21.9. The maximum Gasteiger partial charge on any atom is 0.421 e. The van der Waals surface area contributed by atoms with Crippen LogP contribution < -0.4 is 10.6 Å². The molecule has 2 aromatic carbocycles. The van der Waals surface area contributed by atoms with Gasteiger partial charge >= 0.3 is 6.18 Å². The highest BCUT2D eigenvalue weighted by atomic mass is 19.4. The monoisotopic (exact) mass is 411 g/mol. The number of aromatic nitrogens is 2. The molecule has 1 aromatic heterocycles. The van der Waals surface area contributed by atoms with E-state index in [4.69, 9.17) is 5.26 Å². The number of halogens is 3. The second-order valence-electron chi connectivity index (χ2n) is 7.72. The SMILES string of the molecule is CC(C)(C)c1ccc(Nc2ncc(C(F)(F)F)c(Nc3ccc(C#N)cc3)n2)cc1. The normalized spacial score (nSPS) is 11.6. The van der Waals surface area contributed by atoms with Gasteiger partial charge in [-0.2, -0.15) is 23.4 Å². The van der Waals surface area contributed by atoms with E-state index in [1.807, 2.05) is 30.3 Å². The second kappa shape index (κ2) is 8.03. The van der Waals surface area contributed by atoms with Crippen molar-refractivity contribution in [3.63, 3.8) is 0 Å². The van der Waals surface area contributed by atoms with Gasteiger partial charge in [-0.3, -0.25) is 0 Å². The highest BCUT2D eigenvalue weighted by Gasteiger charge is 2.35. The maximum atomic E-state index is 13.4. The van der Waals surface area contributed by atoms with Crippen LogP contribution in [0, 0.1) is 11.3 Å². The Morgan fingerprint density at radius 1 is 0.867 bits per heavy atom. The van der Waals surface area contributed by atoms with E-state index in [1.54, 1.807) is 0 Å². The van der Waals surface area contributed by atoms with E-state index >= 15 is 0 Å². The Hall–Kier alpha value is -3.60. The summed E-state index contributed by atoms with van der Waals surface area (Å²) < 4.78 is 40.2. The van der Waals surface area contributed by atoms with E-state index in [2.05, 4.69) is 41.4 Å². The minimum absolute atomic E-state index is 0.0123. The Morgan fingerprint density at radius 2 is 1.43 bits per heavy atom. The number of nitriles is 1. The lowest BCUT2D eigenvalue weighted by atomic mass is 9.87. The molecule has 8 heteroatoms. The van der Waals surface area contributed by atoms with Gasteiger partial charge in [-0.15, -0.1) is 0 Å². The molecule has 0 unspecified atom stereocenters. The number of anilines is 4. The van der Waals surface area contributed by atoms with Gasteiger partial charge in [-0.25, -0.2) is 4.98 Å². The summed E-state index contributed by atoms with van der Waals surface area (Å²) in [6.07, 6.45) is -3.88. The summed E-state index contributed by atoms with van der Waals surface area (Å²) >= 11 is 0. The van der Waals surface area contributed by atoms with Crippen LogP contribution in [-0.2, 0) is 11.6 Å². The highest BCUT2D eigenvalue weighted by molar-refractivity contribution is 5.63. The van der Waals surface area contributed by atoms with Crippen molar-refractivity contribution in [1.82, 2.24) is 9.97 Å². The van der Waals surface area contributed by atoms with Crippen molar-refractivity contribution < 1.29 is 13.2 Å². The molecule has 5 nitrogen and oxygen atoms in total. The standard InChI is InChI=1S/C22H20F3N5/c1-21(2,3)15-6-10-17(11-7-15)29-20-27-13-18(22(23,24)25)19(30-20)28-16-8-4-14(12-26)5-9-16/h4-11,13H,1-3H3,(H2,27,28,29,30). The second-order valence-corrected chi connectivity index (χ2v) is 7.72. The fourth-order valence-electron chi connectivity index (χ4n) is 2.69. The van der Waals surface area contributed by atoms with Crippen molar-refractivity contribution >= 4 is 23.1 Å². The van der Waals surface area contributed by atoms with Crippen LogP contribution in [0.25, 0.3) is 0 Å². The fourth-order valence-corrected chi connectivity index (χ4v) is 2.69. The van der Waals surface area contributed by atoms with Gasteiger partial charge in [0.2, 0.25) is 5.95 Å². The van der Waals surface area contributed by atoms with Crippen molar-refractivity contribution in [2.24, 2.45) is 0 Å². The minimum atomic E-state index is -4.62. The molecule has 0 atom stereocenters. The summed E-state index contributed by atoms with van der Waals surface area (Å²) in [4.78, 5) is 7.84. The van der Waals surface area contributed by atoms with Crippen LogP contribution in [0.5, 0.6) is 0 Å². The van der Waals surface area contributed by atoms with Crippen LogP contribution in [0.1, 0.15) is 37.5 Å². The summed E-state index contributed by atoms with van der Waals surface area (Å²) in [5.74, 6) is -0.348. The molecule has 30 heavy (non-hydrogen) atoms. The average Bonchev–Trinajstić information content (AvgIpc) is 2.67. The lowest BCUT2D eigenvalue weighted by Crippen LogP contribution is -2.13. The summed E-state index contributed by atoms with van der Waals surface area (Å²) in [6.45, 7) is 6.28. The summed E-state index contributed by atoms with van der Waals surface area (Å²) in [7, 11) is 0. The van der Waals surface area contributed by atoms with Gasteiger partial charge in [-0.1, -0.05) is 32.9 Å². The molecular weight excluding hydrogens is 391 g/mol. The largest absolute Gasteiger partial charge is 0.421 e. The predicted molar refractivity (Wildman–Crippen MR) is 110 cm³/mol. The van der Waals surface area contributed by atoms with Crippen LogP contribution >= 0.6 is 0 Å². The minimum Gasteiger partial charge on any atom is -0.340 e. The van der Waals surface area contributed by atoms with Crippen LogP contribution in [0.4, 0.5) is 36.3 Å². The number of hydrogen-bond acceptors (Lipinski definition) is 5. The molecule has 1 heterocycles. The first kappa shape index (κ1) is 21.1. The highest BCUT2D eigenvalue weighted by Crippen LogP contribution is 2.35. The van der Waals surface area contributed by atoms with Crippen LogP contribution in [0.2, 0.25) is 0 Å². The van der Waals surface area contributed by atoms with Gasteiger partial charge in [0.1, 0.15) is 11.4 Å². The Kier molecular flexibility index (Phi) is 5.65. The van der Waals surface area contributed by atoms with E-state index < -0.39 is 11.7 Å². The molecule has 2 N–H and O–H groups in total. The molecule has 0 radical (unpaired) electrons. The first-order valence-electron chi connectivity index (χ1n) is 9.15. The van der Waals surface area contributed by atoms with E-state index in [-0.39, 0.29) is 17.2 Å². The number of rotatable bonds is 4. The molecule has 0 saturated carbocycles. The smallest absolute Gasteiger partial charge is 0.340 e. The first-order valence-corrected chi connectivity index (χ1v) is 9.15. The molecule has 0 amide bonds. The Labute approximate surface area is 172 Å². The summed E-state index contributed by atoms with van der Waals surface area (Å²) in [6, 6.07) is 15.6. The maximum absolute atomic E-state index is 13.4. The topological polar surface area (TPSA) is 73.6 Å². The Bertz CT molecular complexity index is 1060. The van der Waals surface area contributed by atoms with Gasteiger partial charge in [0.05, 0.1) is 11.6 Å². The molecule has 0 aliphatic carbocycles. The fraction of sp³-hybridized carbons (Fsp3) is 0.227. The number of nitrogens with zero attached hydrogens (tertiary/aromatic N) is 3. The van der Waals surface area contributed by atoms with Gasteiger partial charge in [-0.05, 0) is 47.4 Å². The number of alkyl halides is 3. The third kappa shape index (κ3) is 5.06. The Morgan fingerprint density at radius 3 is 1.97 bits per heavy atom. The summed E-state index contributed by atoms with van der Waals surface area (Å²) in [5.41, 5.74) is 1.57. The molecule has 0 spiro atoms. The molecule has 0 aliphatic rings. The lowest BCUT2D eigenvalue weighted by Gasteiger charge is -2.19. The van der Waals surface area contributed by atoms with Crippen molar-refractivity contribution in [1.29, 1.82) is 5.26 Å². The van der Waals surface area contributed by atoms with E-state index in [0.29, 0.717) is 16.9 Å². The third-order valence-corrected chi connectivity index (χ3v) is 4.38.